The molecule has 0 aliphatic carbocycles. The Kier molecular flexibility index (Phi) is 3.95. The van der Waals surface area contributed by atoms with Crippen molar-refractivity contribution in [2.24, 2.45) is 4.99 Å². The van der Waals surface area contributed by atoms with Crippen LogP contribution in [0.15, 0.2) is 47.6 Å². The lowest BCUT2D eigenvalue weighted by atomic mass is 10.1. The molecule has 0 radical (unpaired) electrons. The van der Waals surface area contributed by atoms with Gasteiger partial charge >= 0.3 is 0 Å². The maximum Gasteiger partial charge on any atom is 0.238 e. The first-order valence-corrected chi connectivity index (χ1v) is 8.05. The van der Waals surface area contributed by atoms with Gasteiger partial charge in [-0.1, -0.05) is 23.7 Å². The van der Waals surface area contributed by atoms with Crippen molar-refractivity contribution >= 4 is 41.2 Å². The fourth-order valence-electron chi connectivity index (χ4n) is 2.59. The summed E-state index contributed by atoms with van der Waals surface area (Å²) in [7, 11) is 0. The Hall–Kier alpha value is -3.12. The molecule has 0 saturated heterocycles. The van der Waals surface area contributed by atoms with Gasteiger partial charge in [0, 0.05) is 35.1 Å². The lowest BCUT2D eigenvalue weighted by Crippen LogP contribution is -2.00. The number of allylic oxidation sites excluding steroid dienone is 1. The van der Waals surface area contributed by atoms with Crippen LogP contribution < -0.4 is 5.32 Å². The van der Waals surface area contributed by atoms with Gasteiger partial charge in [0.05, 0.1) is 0 Å². The number of fused-ring (bicyclic) bond motifs is 1. The lowest BCUT2D eigenvalue weighted by Gasteiger charge is -2.03. The Morgan fingerprint density at radius 1 is 1.24 bits per heavy atom. The van der Waals surface area contributed by atoms with Crippen LogP contribution >= 0.6 is 11.6 Å². The van der Waals surface area contributed by atoms with E-state index in [0.717, 1.165) is 16.7 Å². The molecule has 1 aromatic carbocycles. The van der Waals surface area contributed by atoms with Crippen LogP contribution in [0.2, 0.25) is 5.02 Å². The first-order valence-electron chi connectivity index (χ1n) is 7.67. The summed E-state index contributed by atoms with van der Waals surface area (Å²) < 4.78 is 0. The van der Waals surface area contributed by atoms with E-state index in [2.05, 4.69) is 25.3 Å². The van der Waals surface area contributed by atoms with Gasteiger partial charge in [0.1, 0.15) is 5.69 Å². The number of aromatic hydroxyl groups is 1. The minimum absolute atomic E-state index is 0.0770. The maximum absolute atomic E-state index is 10.1. The number of aliphatic imine (C=N–C) groups is 1. The van der Waals surface area contributed by atoms with Crippen molar-refractivity contribution in [1.82, 2.24) is 15.0 Å². The highest BCUT2D eigenvalue weighted by molar-refractivity contribution is 6.30. The fraction of sp³-hybridized carbons (Fsp3) is 0.0556. The van der Waals surface area contributed by atoms with E-state index in [4.69, 9.17) is 11.6 Å². The van der Waals surface area contributed by atoms with E-state index in [1.807, 2.05) is 36.4 Å². The molecule has 25 heavy (non-hydrogen) atoms. The molecule has 7 heteroatoms. The number of H-pyrrole nitrogens is 1. The summed E-state index contributed by atoms with van der Waals surface area (Å²) in [6.07, 6.45) is 5.21. The molecule has 3 aromatic rings. The molecule has 0 saturated carbocycles. The molecule has 1 aliphatic heterocycles. The van der Waals surface area contributed by atoms with Gasteiger partial charge in [-0.05, 0) is 35.9 Å². The number of anilines is 1. The molecule has 0 bridgehead atoms. The monoisotopic (exact) mass is 351 g/mol. The Bertz CT molecular complexity index is 993. The van der Waals surface area contributed by atoms with E-state index in [1.165, 1.54) is 0 Å². The predicted octanol–water partition coefficient (Wildman–Crippen LogP) is 4.03. The highest BCUT2D eigenvalue weighted by atomic mass is 35.5. The molecule has 0 spiro atoms. The van der Waals surface area contributed by atoms with E-state index in [-0.39, 0.29) is 5.88 Å². The number of rotatable bonds is 4. The minimum atomic E-state index is -0.0770. The van der Waals surface area contributed by atoms with Crippen LogP contribution in [0.5, 0.6) is 5.88 Å². The zero-order valence-corrected chi connectivity index (χ0v) is 13.8. The number of halogens is 1. The zero-order chi connectivity index (χ0) is 17.2. The third-order valence-electron chi connectivity index (χ3n) is 3.78. The minimum Gasteiger partial charge on any atom is -0.492 e. The number of aromatic amines is 1. The average molecular weight is 352 g/mol. The number of nitrogens with one attached hydrogen (secondary N) is 2. The van der Waals surface area contributed by atoms with Crippen molar-refractivity contribution in [2.75, 3.05) is 5.32 Å². The van der Waals surface area contributed by atoms with Crippen LogP contribution in [-0.4, -0.2) is 26.3 Å². The second-order valence-corrected chi connectivity index (χ2v) is 5.98. The van der Waals surface area contributed by atoms with Crippen molar-refractivity contribution in [3.8, 4) is 5.88 Å². The quantitative estimate of drug-likeness (QED) is 0.662. The molecular formula is C18H14ClN5O. The van der Waals surface area contributed by atoms with Crippen molar-refractivity contribution in [3.05, 3.63) is 64.4 Å². The number of hydrogen-bond donors (Lipinski definition) is 3. The zero-order valence-electron chi connectivity index (χ0n) is 13.1. The molecule has 0 atom stereocenters. The summed E-state index contributed by atoms with van der Waals surface area (Å²) in [5, 5.41) is 13.9. The number of aromatic nitrogens is 3. The predicted molar refractivity (Wildman–Crippen MR) is 99.3 cm³/mol. The molecule has 0 fully saturated rings. The van der Waals surface area contributed by atoms with Gasteiger partial charge in [-0.15, -0.1) is 0 Å². The van der Waals surface area contributed by atoms with Crippen LogP contribution in [-0.2, 0) is 6.54 Å². The molecule has 3 heterocycles. The Morgan fingerprint density at radius 3 is 3.04 bits per heavy atom. The van der Waals surface area contributed by atoms with Crippen LogP contribution in [0, 0.1) is 0 Å². The van der Waals surface area contributed by atoms with E-state index in [1.54, 1.807) is 18.5 Å². The summed E-state index contributed by atoms with van der Waals surface area (Å²) >= 11 is 5.98. The molecular weight excluding hydrogens is 338 g/mol. The van der Waals surface area contributed by atoms with Gasteiger partial charge in [-0.2, -0.15) is 4.98 Å². The molecule has 124 valence electrons. The van der Waals surface area contributed by atoms with Crippen LogP contribution in [0.3, 0.4) is 0 Å². The summed E-state index contributed by atoms with van der Waals surface area (Å²) in [5.74, 6) is 1.07. The number of benzene rings is 1. The standard InChI is InChI=1S/C18H14ClN5O/c19-13-4-1-3-11(7-13)9-22-18-23-15(17(25)24-18)8-12-10-21-16-14(12)5-2-6-20-16/h1-8,10,25H,9H2,(H2,22,23,24)/b12-8-. The molecule has 0 unspecified atom stereocenters. The molecule has 3 N–H and O–H groups in total. The van der Waals surface area contributed by atoms with Crippen LogP contribution in [0.25, 0.3) is 11.6 Å². The second kappa shape index (κ2) is 6.41. The maximum atomic E-state index is 10.1. The lowest BCUT2D eigenvalue weighted by molar-refractivity contribution is 0.455. The summed E-state index contributed by atoms with van der Waals surface area (Å²) in [6.45, 7) is 0.539. The van der Waals surface area contributed by atoms with Crippen LogP contribution in [0.1, 0.15) is 16.8 Å². The van der Waals surface area contributed by atoms with Gasteiger partial charge in [0.2, 0.25) is 11.8 Å². The van der Waals surface area contributed by atoms with E-state index >= 15 is 0 Å². The topological polar surface area (TPSA) is 86.2 Å². The average Bonchev–Trinajstić information content (AvgIpc) is 3.18. The van der Waals surface area contributed by atoms with Gasteiger partial charge in [-0.25, -0.2) is 9.98 Å². The Balaban J connectivity index is 1.53. The number of nitrogens with zero attached hydrogens (tertiary/aromatic N) is 3. The third kappa shape index (κ3) is 3.25. The van der Waals surface area contributed by atoms with Gasteiger partial charge in [0.15, 0.2) is 5.82 Å². The highest BCUT2D eigenvalue weighted by Gasteiger charge is 2.14. The third-order valence-corrected chi connectivity index (χ3v) is 4.02. The molecule has 2 aromatic heterocycles. The molecule has 6 nitrogen and oxygen atoms in total. The first-order chi connectivity index (χ1) is 12.2. The summed E-state index contributed by atoms with van der Waals surface area (Å²) in [6, 6.07) is 11.3. The molecule has 4 rings (SSSR count). The van der Waals surface area contributed by atoms with Crippen molar-refractivity contribution in [1.29, 1.82) is 0 Å². The summed E-state index contributed by atoms with van der Waals surface area (Å²) in [5.41, 5.74) is 3.31. The Morgan fingerprint density at radius 2 is 2.16 bits per heavy atom. The molecule has 0 amide bonds. The first kappa shape index (κ1) is 15.4. The van der Waals surface area contributed by atoms with E-state index in [0.29, 0.717) is 29.0 Å². The Labute approximate surface area is 149 Å². The second-order valence-electron chi connectivity index (χ2n) is 5.54. The van der Waals surface area contributed by atoms with Crippen molar-refractivity contribution in [2.45, 2.75) is 6.54 Å². The number of hydrogen-bond acceptors (Lipinski definition) is 5. The SMILES string of the molecule is Oc1nc(NCc2cccc(Cl)c2)[nH]c1/C=C1/C=Nc2ncccc21. The smallest absolute Gasteiger partial charge is 0.238 e. The largest absolute Gasteiger partial charge is 0.492 e. The highest BCUT2D eigenvalue weighted by Crippen LogP contribution is 2.31. The van der Waals surface area contributed by atoms with E-state index in [9.17, 15) is 5.11 Å². The van der Waals surface area contributed by atoms with Crippen molar-refractivity contribution < 1.29 is 5.11 Å². The normalized spacial score (nSPS) is 14.0. The van der Waals surface area contributed by atoms with Gasteiger partial charge < -0.3 is 15.4 Å². The van der Waals surface area contributed by atoms with Crippen LogP contribution in [0.4, 0.5) is 11.8 Å². The van der Waals surface area contributed by atoms with Gasteiger partial charge in [-0.3, -0.25) is 0 Å². The number of pyridine rings is 1. The fourth-order valence-corrected chi connectivity index (χ4v) is 2.80. The number of imidazole rings is 1. The van der Waals surface area contributed by atoms with Gasteiger partial charge in [0.25, 0.3) is 0 Å². The molecule has 1 aliphatic rings. The van der Waals surface area contributed by atoms with Crippen molar-refractivity contribution in [3.63, 3.8) is 0 Å². The summed E-state index contributed by atoms with van der Waals surface area (Å²) in [4.78, 5) is 15.6. The van der Waals surface area contributed by atoms with E-state index < -0.39 is 0 Å².